The minimum atomic E-state index is -3.24. The van der Waals surface area contributed by atoms with Crippen molar-refractivity contribution in [2.45, 2.75) is 4.90 Å². The number of carbonyl (C=O) groups excluding carboxylic acids is 1. The van der Waals surface area contributed by atoms with E-state index < -0.39 is 9.84 Å². The summed E-state index contributed by atoms with van der Waals surface area (Å²) in [6.07, 6.45) is 4.15. The number of ketones is 1. The van der Waals surface area contributed by atoms with Gasteiger partial charge in [-0.25, -0.2) is 13.4 Å². The largest absolute Gasteiger partial charge is 0.331 e. The van der Waals surface area contributed by atoms with Gasteiger partial charge in [0.25, 0.3) is 0 Å². The third kappa shape index (κ3) is 2.33. The zero-order chi connectivity index (χ0) is 13.3. The van der Waals surface area contributed by atoms with Crippen molar-refractivity contribution in [3.63, 3.8) is 0 Å². The lowest BCUT2D eigenvalue weighted by atomic mass is 10.1. The zero-order valence-electron chi connectivity index (χ0n) is 9.99. The SMILES string of the molecule is Cn1cncc1C(=O)c1ccc(S(C)(=O)=O)cc1. The molecule has 2 aromatic rings. The molecule has 0 aliphatic rings. The number of hydrogen-bond donors (Lipinski definition) is 0. The Kier molecular flexibility index (Phi) is 3.04. The molecule has 0 aliphatic heterocycles. The highest BCUT2D eigenvalue weighted by atomic mass is 32.2. The highest BCUT2D eigenvalue weighted by Gasteiger charge is 2.14. The topological polar surface area (TPSA) is 69.0 Å². The van der Waals surface area contributed by atoms with Gasteiger partial charge >= 0.3 is 0 Å². The number of aryl methyl sites for hydroxylation is 1. The summed E-state index contributed by atoms with van der Waals surface area (Å²) in [4.78, 5) is 16.1. The number of rotatable bonds is 3. The molecular formula is C12H12N2O3S. The van der Waals surface area contributed by atoms with E-state index in [1.807, 2.05) is 0 Å². The lowest BCUT2D eigenvalue weighted by Crippen LogP contribution is -2.07. The van der Waals surface area contributed by atoms with E-state index >= 15 is 0 Å². The van der Waals surface area contributed by atoms with Crippen LogP contribution in [0.1, 0.15) is 16.1 Å². The molecule has 0 unspecified atom stereocenters. The number of hydrogen-bond acceptors (Lipinski definition) is 4. The van der Waals surface area contributed by atoms with Crippen molar-refractivity contribution in [1.82, 2.24) is 9.55 Å². The van der Waals surface area contributed by atoms with Gasteiger partial charge in [-0.15, -0.1) is 0 Å². The van der Waals surface area contributed by atoms with Gasteiger partial charge < -0.3 is 4.57 Å². The van der Waals surface area contributed by atoms with E-state index in [0.717, 1.165) is 6.26 Å². The van der Waals surface area contributed by atoms with Crippen molar-refractivity contribution in [3.05, 3.63) is 48.0 Å². The fraction of sp³-hybridized carbons (Fsp3) is 0.167. The normalized spacial score (nSPS) is 11.4. The fourth-order valence-electron chi connectivity index (χ4n) is 1.58. The molecule has 0 radical (unpaired) electrons. The molecule has 0 aliphatic carbocycles. The Morgan fingerprint density at radius 2 is 1.83 bits per heavy atom. The van der Waals surface area contributed by atoms with Crippen LogP contribution in [-0.4, -0.2) is 30.0 Å². The third-order valence-electron chi connectivity index (χ3n) is 2.59. The highest BCUT2D eigenvalue weighted by molar-refractivity contribution is 7.90. The van der Waals surface area contributed by atoms with Gasteiger partial charge in [-0.3, -0.25) is 4.79 Å². The zero-order valence-corrected chi connectivity index (χ0v) is 10.8. The van der Waals surface area contributed by atoms with E-state index in [9.17, 15) is 13.2 Å². The van der Waals surface area contributed by atoms with Crippen LogP contribution in [0, 0.1) is 0 Å². The average Bonchev–Trinajstić information content (AvgIpc) is 2.73. The Morgan fingerprint density at radius 1 is 1.22 bits per heavy atom. The Hall–Kier alpha value is -1.95. The Labute approximate surface area is 105 Å². The molecule has 0 fully saturated rings. The molecule has 0 atom stereocenters. The smallest absolute Gasteiger partial charge is 0.210 e. The molecular weight excluding hydrogens is 252 g/mol. The van der Waals surface area contributed by atoms with Gasteiger partial charge in [0.05, 0.1) is 17.4 Å². The maximum atomic E-state index is 12.1. The molecule has 0 spiro atoms. The average molecular weight is 264 g/mol. The summed E-state index contributed by atoms with van der Waals surface area (Å²) in [5, 5.41) is 0. The minimum absolute atomic E-state index is 0.185. The molecule has 0 bridgehead atoms. The Morgan fingerprint density at radius 3 is 2.28 bits per heavy atom. The second kappa shape index (κ2) is 4.38. The molecule has 5 nitrogen and oxygen atoms in total. The molecule has 0 saturated heterocycles. The first-order chi connectivity index (χ1) is 8.39. The molecule has 1 heterocycles. The number of imidazole rings is 1. The highest BCUT2D eigenvalue weighted by Crippen LogP contribution is 2.13. The summed E-state index contributed by atoms with van der Waals surface area (Å²) in [5.74, 6) is -0.185. The third-order valence-corrected chi connectivity index (χ3v) is 3.72. The van der Waals surface area contributed by atoms with E-state index in [0.29, 0.717) is 11.3 Å². The lowest BCUT2D eigenvalue weighted by molar-refractivity contribution is 0.103. The minimum Gasteiger partial charge on any atom is -0.331 e. The van der Waals surface area contributed by atoms with Gasteiger partial charge in [-0.05, 0) is 24.3 Å². The monoisotopic (exact) mass is 264 g/mol. The molecule has 94 valence electrons. The van der Waals surface area contributed by atoms with Crippen LogP contribution in [0.5, 0.6) is 0 Å². The van der Waals surface area contributed by atoms with E-state index in [-0.39, 0.29) is 10.7 Å². The van der Waals surface area contributed by atoms with Gasteiger partial charge in [0, 0.05) is 18.9 Å². The first kappa shape index (κ1) is 12.5. The molecule has 1 aromatic carbocycles. The molecule has 1 aromatic heterocycles. The van der Waals surface area contributed by atoms with Gasteiger partial charge in [-0.1, -0.05) is 0 Å². The number of carbonyl (C=O) groups is 1. The van der Waals surface area contributed by atoms with Crippen LogP contribution in [0.2, 0.25) is 0 Å². The van der Waals surface area contributed by atoms with Crippen molar-refractivity contribution < 1.29 is 13.2 Å². The van der Waals surface area contributed by atoms with Crippen molar-refractivity contribution in [3.8, 4) is 0 Å². The summed E-state index contributed by atoms with van der Waals surface area (Å²) < 4.78 is 24.2. The predicted octanol–water partition coefficient (Wildman–Crippen LogP) is 1.05. The van der Waals surface area contributed by atoms with Crippen LogP contribution in [0.25, 0.3) is 0 Å². The van der Waals surface area contributed by atoms with Crippen LogP contribution in [-0.2, 0) is 16.9 Å². The summed E-state index contributed by atoms with van der Waals surface area (Å²) in [6, 6.07) is 5.87. The van der Waals surface area contributed by atoms with E-state index in [2.05, 4.69) is 4.98 Å². The molecule has 0 saturated carbocycles. The second-order valence-corrected chi connectivity index (χ2v) is 6.03. The Balaban J connectivity index is 2.37. The number of benzene rings is 1. The summed E-state index contributed by atoms with van der Waals surface area (Å²) in [7, 11) is -1.51. The van der Waals surface area contributed by atoms with Crippen molar-refractivity contribution in [2.24, 2.45) is 7.05 Å². The van der Waals surface area contributed by atoms with Crippen molar-refractivity contribution in [1.29, 1.82) is 0 Å². The summed E-state index contributed by atoms with van der Waals surface area (Å²) in [6.45, 7) is 0. The predicted molar refractivity (Wildman–Crippen MR) is 66.2 cm³/mol. The molecule has 2 rings (SSSR count). The van der Waals surface area contributed by atoms with Crippen molar-refractivity contribution >= 4 is 15.6 Å². The first-order valence-electron chi connectivity index (χ1n) is 5.21. The van der Waals surface area contributed by atoms with Crippen LogP contribution in [0.4, 0.5) is 0 Å². The standard InChI is InChI=1S/C12H12N2O3S/c1-14-8-13-7-11(14)12(15)9-3-5-10(6-4-9)18(2,16)17/h3-8H,1-2H3. The van der Waals surface area contributed by atoms with E-state index in [1.54, 1.807) is 11.6 Å². The molecule has 0 N–H and O–H groups in total. The fourth-order valence-corrected chi connectivity index (χ4v) is 2.21. The maximum Gasteiger partial charge on any atom is 0.210 e. The van der Waals surface area contributed by atoms with Gasteiger partial charge in [-0.2, -0.15) is 0 Å². The van der Waals surface area contributed by atoms with Gasteiger partial charge in [0.1, 0.15) is 5.69 Å². The Bertz CT molecular complexity index is 684. The van der Waals surface area contributed by atoms with Gasteiger partial charge in [0.15, 0.2) is 9.84 Å². The first-order valence-corrected chi connectivity index (χ1v) is 7.10. The lowest BCUT2D eigenvalue weighted by Gasteiger charge is -2.03. The van der Waals surface area contributed by atoms with E-state index in [1.165, 1.54) is 36.8 Å². The summed E-state index contributed by atoms with van der Waals surface area (Å²) >= 11 is 0. The number of sulfone groups is 1. The van der Waals surface area contributed by atoms with Crippen LogP contribution >= 0.6 is 0 Å². The summed E-state index contributed by atoms with van der Waals surface area (Å²) in [5.41, 5.74) is 0.896. The quantitative estimate of drug-likeness (QED) is 0.777. The van der Waals surface area contributed by atoms with Gasteiger partial charge in [0.2, 0.25) is 5.78 Å². The maximum absolute atomic E-state index is 12.1. The van der Waals surface area contributed by atoms with Crippen molar-refractivity contribution in [2.75, 3.05) is 6.26 Å². The number of aromatic nitrogens is 2. The van der Waals surface area contributed by atoms with Crippen LogP contribution in [0.3, 0.4) is 0 Å². The van der Waals surface area contributed by atoms with E-state index in [4.69, 9.17) is 0 Å². The number of nitrogens with zero attached hydrogens (tertiary/aromatic N) is 2. The van der Waals surface area contributed by atoms with Crippen LogP contribution < -0.4 is 0 Å². The molecule has 6 heteroatoms. The molecule has 18 heavy (non-hydrogen) atoms. The molecule has 0 amide bonds. The second-order valence-electron chi connectivity index (χ2n) is 4.02. The van der Waals surface area contributed by atoms with Crippen LogP contribution in [0.15, 0.2) is 41.7 Å².